The van der Waals surface area contributed by atoms with Crippen LogP contribution in [-0.2, 0) is 4.79 Å². The van der Waals surface area contributed by atoms with Gasteiger partial charge in [-0.1, -0.05) is 0 Å². The van der Waals surface area contributed by atoms with Crippen LogP contribution < -0.4 is 15.1 Å². The highest BCUT2D eigenvalue weighted by molar-refractivity contribution is 5.93. The predicted octanol–water partition coefficient (Wildman–Crippen LogP) is 3.74. The Morgan fingerprint density at radius 1 is 1.03 bits per heavy atom. The molecular weight excluding hydrogens is 367 g/mol. The van der Waals surface area contributed by atoms with Gasteiger partial charge >= 0.3 is 0 Å². The van der Waals surface area contributed by atoms with E-state index >= 15 is 0 Å². The van der Waals surface area contributed by atoms with Crippen LogP contribution in [0.15, 0.2) is 42.5 Å². The first kappa shape index (κ1) is 21.1. The van der Waals surface area contributed by atoms with Gasteiger partial charge in [0.2, 0.25) is 5.91 Å². The molecule has 0 aliphatic carbocycles. The van der Waals surface area contributed by atoms with Gasteiger partial charge in [-0.2, -0.15) is 0 Å². The number of carbonyl (C=O) groups excluding carboxylic acids is 1. The van der Waals surface area contributed by atoms with Crippen LogP contribution in [-0.4, -0.2) is 56.6 Å². The van der Waals surface area contributed by atoms with Crippen molar-refractivity contribution in [2.24, 2.45) is 0 Å². The van der Waals surface area contributed by atoms with Crippen molar-refractivity contribution in [1.82, 2.24) is 4.90 Å². The van der Waals surface area contributed by atoms with Crippen molar-refractivity contribution in [3.05, 3.63) is 53.8 Å². The van der Waals surface area contributed by atoms with E-state index in [4.69, 9.17) is 0 Å². The van der Waals surface area contributed by atoms with Gasteiger partial charge < -0.3 is 15.1 Å². The fourth-order valence-electron chi connectivity index (χ4n) is 3.78. The van der Waals surface area contributed by atoms with E-state index in [0.29, 0.717) is 6.54 Å². The van der Waals surface area contributed by atoms with Crippen LogP contribution in [0.25, 0.3) is 0 Å². The summed E-state index contributed by atoms with van der Waals surface area (Å²) in [5.74, 6) is -0.205. The number of piperazine rings is 1. The number of nitrogens with zero attached hydrogens (tertiary/aromatic N) is 3. The molecule has 0 aromatic heterocycles. The molecule has 0 radical (unpaired) electrons. The summed E-state index contributed by atoms with van der Waals surface area (Å²) in [5, 5.41) is 3.05. The number of amides is 1. The fraction of sp³-hybridized carbons (Fsp3) is 0.435. The molecular formula is C23H31FN4O. The first-order chi connectivity index (χ1) is 14.0. The number of hydrogen-bond acceptors (Lipinski definition) is 4. The van der Waals surface area contributed by atoms with E-state index in [1.807, 2.05) is 25.1 Å². The van der Waals surface area contributed by atoms with E-state index in [1.165, 1.54) is 17.8 Å². The van der Waals surface area contributed by atoms with Gasteiger partial charge in [0.15, 0.2) is 0 Å². The van der Waals surface area contributed by atoms with Gasteiger partial charge in [0.25, 0.3) is 0 Å². The largest absolute Gasteiger partial charge is 0.372 e. The van der Waals surface area contributed by atoms with Gasteiger partial charge in [0.1, 0.15) is 5.82 Å². The third-order valence-electron chi connectivity index (χ3n) is 5.54. The maximum absolute atomic E-state index is 13.1. The summed E-state index contributed by atoms with van der Waals surface area (Å²) in [6.45, 7) is 11.9. The van der Waals surface area contributed by atoms with E-state index in [2.05, 4.69) is 46.0 Å². The van der Waals surface area contributed by atoms with Crippen molar-refractivity contribution in [3.63, 3.8) is 0 Å². The third-order valence-corrected chi connectivity index (χ3v) is 5.54. The van der Waals surface area contributed by atoms with Crippen LogP contribution in [0.4, 0.5) is 21.5 Å². The minimum atomic E-state index is -0.218. The Morgan fingerprint density at radius 2 is 1.69 bits per heavy atom. The van der Waals surface area contributed by atoms with Crippen molar-refractivity contribution in [1.29, 1.82) is 0 Å². The summed E-state index contributed by atoms with van der Waals surface area (Å²) in [5.41, 5.74) is 4.15. The second kappa shape index (κ2) is 9.74. The van der Waals surface area contributed by atoms with E-state index in [-0.39, 0.29) is 11.7 Å². The lowest BCUT2D eigenvalue weighted by Crippen LogP contribution is -2.48. The van der Waals surface area contributed by atoms with Crippen molar-refractivity contribution in [2.75, 3.05) is 60.9 Å². The minimum absolute atomic E-state index is 0.0129. The van der Waals surface area contributed by atoms with Crippen molar-refractivity contribution < 1.29 is 9.18 Å². The highest BCUT2D eigenvalue weighted by Gasteiger charge is 2.19. The number of nitrogens with one attached hydrogen (secondary N) is 1. The number of rotatable bonds is 7. The predicted molar refractivity (Wildman–Crippen MR) is 118 cm³/mol. The molecule has 5 nitrogen and oxygen atoms in total. The molecule has 1 saturated heterocycles. The third kappa shape index (κ3) is 5.48. The maximum Gasteiger partial charge on any atom is 0.238 e. The zero-order valence-electron chi connectivity index (χ0n) is 17.6. The normalized spacial score (nSPS) is 14.7. The molecule has 0 atom stereocenters. The molecule has 1 N–H and O–H groups in total. The number of benzene rings is 2. The molecule has 0 saturated carbocycles. The molecule has 0 bridgehead atoms. The Bertz CT molecular complexity index is 812. The summed E-state index contributed by atoms with van der Waals surface area (Å²) in [7, 11) is 0. The van der Waals surface area contributed by atoms with Crippen LogP contribution in [0.1, 0.15) is 19.4 Å². The van der Waals surface area contributed by atoms with Crippen molar-refractivity contribution in [3.8, 4) is 0 Å². The minimum Gasteiger partial charge on any atom is -0.372 e. The maximum atomic E-state index is 13.1. The zero-order valence-corrected chi connectivity index (χ0v) is 17.6. The van der Waals surface area contributed by atoms with Gasteiger partial charge in [-0.3, -0.25) is 9.69 Å². The van der Waals surface area contributed by atoms with Crippen LogP contribution in [0, 0.1) is 12.7 Å². The number of anilines is 3. The lowest BCUT2D eigenvalue weighted by atomic mass is 10.1. The lowest BCUT2D eigenvalue weighted by Gasteiger charge is -2.35. The molecule has 1 heterocycles. The standard InChI is InChI=1S/C23H31FN4O/c1-4-27(5-2)21-10-11-22(18(3)16-21)25-23(29)17-26-12-14-28(15-13-26)20-8-6-19(24)7-9-20/h6-11,16H,4-5,12-15,17H2,1-3H3,(H,25,29). The summed E-state index contributed by atoms with van der Waals surface area (Å²) in [6.07, 6.45) is 0. The number of halogens is 1. The molecule has 1 fully saturated rings. The van der Waals surface area contributed by atoms with Crippen molar-refractivity contribution >= 4 is 23.0 Å². The van der Waals surface area contributed by atoms with E-state index in [9.17, 15) is 9.18 Å². The molecule has 1 aliphatic heterocycles. The highest BCUT2D eigenvalue weighted by Crippen LogP contribution is 2.23. The zero-order chi connectivity index (χ0) is 20.8. The average Bonchev–Trinajstić information content (AvgIpc) is 2.72. The van der Waals surface area contributed by atoms with Gasteiger partial charge in [-0.25, -0.2) is 4.39 Å². The monoisotopic (exact) mass is 398 g/mol. The molecule has 0 unspecified atom stereocenters. The summed E-state index contributed by atoms with van der Waals surface area (Å²) < 4.78 is 13.1. The van der Waals surface area contributed by atoms with Crippen LogP contribution in [0.2, 0.25) is 0 Å². The van der Waals surface area contributed by atoms with Crippen LogP contribution in [0.3, 0.4) is 0 Å². The fourth-order valence-corrected chi connectivity index (χ4v) is 3.78. The Kier molecular flexibility index (Phi) is 7.09. The molecule has 2 aromatic carbocycles. The topological polar surface area (TPSA) is 38.8 Å². The number of carbonyl (C=O) groups is 1. The van der Waals surface area contributed by atoms with Crippen LogP contribution in [0.5, 0.6) is 0 Å². The van der Waals surface area contributed by atoms with Gasteiger partial charge in [0, 0.05) is 56.3 Å². The van der Waals surface area contributed by atoms with Gasteiger partial charge in [-0.05, 0) is 68.8 Å². The molecule has 156 valence electrons. The van der Waals surface area contributed by atoms with Gasteiger partial charge in [-0.15, -0.1) is 0 Å². The molecule has 1 amide bonds. The van der Waals surface area contributed by atoms with Crippen LogP contribution >= 0.6 is 0 Å². The molecule has 29 heavy (non-hydrogen) atoms. The SMILES string of the molecule is CCN(CC)c1ccc(NC(=O)CN2CCN(c3ccc(F)cc3)CC2)c(C)c1. The summed E-state index contributed by atoms with van der Waals surface area (Å²) in [4.78, 5) is 19.2. The van der Waals surface area contributed by atoms with E-state index in [1.54, 1.807) is 0 Å². The molecule has 1 aliphatic rings. The smallest absolute Gasteiger partial charge is 0.238 e. The second-order valence-corrected chi connectivity index (χ2v) is 7.46. The molecule has 2 aromatic rings. The quantitative estimate of drug-likeness (QED) is 0.771. The first-order valence-electron chi connectivity index (χ1n) is 10.4. The molecule has 6 heteroatoms. The first-order valence-corrected chi connectivity index (χ1v) is 10.4. The van der Waals surface area contributed by atoms with E-state index in [0.717, 1.165) is 56.2 Å². The number of hydrogen-bond donors (Lipinski definition) is 1. The molecule has 3 rings (SSSR count). The van der Waals surface area contributed by atoms with Gasteiger partial charge in [0.05, 0.1) is 6.54 Å². The Labute approximate surface area is 173 Å². The van der Waals surface area contributed by atoms with Crippen molar-refractivity contribution in [2.45, 2.75) is 20.8 Å². The lowest BCUT2D eigenvalue weighted by molar-refractivity contribution is -0.117. The van der Waals surface area contributed by atoms with E-state index < -0.39 is 0 Å². The highest BCUT2D eigenvalue weighted by atomic mass is 19.1. The number of aryl methyl sites for hydroxylation is 1. The molecule has 0 spiro atoms. The average molecular weight is 399 g/mol. The second-order valence-electron chi connectivity index (χ2n) is 7.46. The summed E-state index contributed by atoms with van der Waals surface area (Å²) >= 11 is 0. The Morgan fingerprint density at radius 3 is 2.28 bits per heavy atom. The Hall–Kier alpha value is -2.60. The summed E-state index contributed by atoms with van der Waals surface area (Å²) in [6, 6.07) is 12.8. The Balaban J connectivity index is 1.51.